The minimum atomic E-state index is -0.532. The van der Waals surface area contributed by atoms with Crippen molar-refractivity contribution in [2.45, 2.75) is 13.0 Å². The second kappa shape index (κ2) is 11.4. The van der Waals surface area contributed by atoms with E-state index in [1.165, 1.54) is 17.0 Å². The Morgan fingerprint density at radius 3 is 2.52 bits per heavy atom. The van der Waals surface area contributed by atoms with Crippen LogP contribution in [-0.2, 0) is 4.74 Å². The van der Waals surface area contributed by atoms with Crippen LogP contribution in [0.1, 0.15) is 6.92 Å². The van der Waals surface area contributed by atoms with Crippen LogP contribution in [0.25, 0.3) is 0 Å². The van der Waals surface area contributed by atoms with Crippen LogP contribution >= 0.6 is 34.8 Å². The SMILES string of the molecule is COCC(C)Nc1nccc(N(C(=O)Nc2cc(Cl)cc(Cl)c2Cl)c2ccc(OC)cc2)n1. The molecule has 2 amide bonds. The quantitative estimate of drug-likeness (QED) is 0.348. The molecule has 33 heavy (non-hydrogen) atoms. The first-order valence-corrected chi connectivity index (χ1v) is 10.9. The highest BCUT2D eigenvalue weighted by Crippen LogP contribution is 2.35. The smallest absolute Gasteiger partial charge is 0.332 e. The molecule has 0 radical (unpaired) electrons. The number of carbonyl (C=O) groups is 1. The maximum Gasteiger partial charge on any atom is 0.332 e. The Labute approximate surface area is 206 Å². The number of halogens is 3. The Bertz CT molecular complexity index is 1110. The van der Waals surface area contributed by atoms with Crippen LogP contribution in [0.3, 0.4) is 0 Å². The first-order valence-electron chi connectivity index (χ1n) is 9.80. The normalized spacial score (nSPS) is 11.6. The summed E-state index contributed by atoms with van der Waals surface area (Å²) in [4.78, 5) is 23.5. The molecule has 0 bridgehead atoms. The van der Waals surface area contributed by atoms with Crippen molar-refractivity contribution in [2.24, 2.45) is 0 Å². The van der Waals surface area contributed by atoms with Gasteiger partial charge in [0.05, 0.1) is 35.1 Å². The summed E-state index contributed by atoms with van der Waals surface area (Å²) < 4.78 is 10.4. The molecule has 1 aromatic heterocycles. The number of anilines is 4. The lowest BCUT2D eigenvalue weighted by Crippen LogP contribution is -2.32. The van der Waals surface area contributed by atoms with E-state index < -0.39 is 6.03 Å². The van der Waals surface area contributed by atoms with Gasteiger partial charge in [0.25, 0.3) is 0 Å². The molecule has 1 atom stereocenters. The molecule has 8 nitrogen and oxygen atoms in total. The van der Waals surface area contributed by atoms with E-state index in [2.05, 4.69) is 20.6 Å². The fourth-order valence-electron chi connectivity index (χ4n) is 2.96. The van der Waals surface area contributed by atoms with Gasteiger partial charge in [-0.25, -0.2) is 14.7 Å². The number of nitrogens with one attached hydrogen (secondary N) is 2. The van der Waals surface area contributed by atoms with Crippen LogP contribution in [0.5, 0.6) is 5.75 Å². The van der Waals surface area contributed by atoms with Crippen molar-refractivity contribution in [3.8, 4) is 5.75 Å². The van der Waals surface area contributed by atoms with Crippen LogP contribution in [0.4, 0.5) is 27.9 Å². The van der Waals surface area contributed by atoms with Crippen molar-refractivity contribution in [1.82, 2.24) is 9.97 Å². The third-order valence-electron chi connectivity index (χ3n) is 4.43. The summed E-state index contributed by atoms with van der Waals surface area (Å²) in [5, 5.41) is 6.61. The van der Waals surface area contributed by atoms with Gasteiger partial charge in [0, 0.05) is 30.4 Å². The van der Waals surface area contributed by atoms with Crippen LogP contribution < -0.4 is 20.3 Å². The molecule has 0 aliphatic rings. The van der Waals surface area contributed by atoms with Crippen molar-refractivity contribution in [1.29, 1.82) is 0 Å². The Balaban J connectivity index is 1.99. The lowest BCUT2D eigenvalue weighted by molar-refractivity contribution is 0.190. The number of aromatic nitrogens is 2. The van der Waals surface area contributed by atoms with E-state index in [1.807, 2.05) is 6.92 Å². The number of carbonyl (C=O) groups excluding carboxylic acids is 1. The highest BCUT2D eigenvalue weighted by Gasteiger charge is 2.22. The van der Waals surface area contributed by atoms with Crippen molar-refractivity contribution >= 4 is 64.0 Å². The Kier molecular flexibility index (Phi) is 8.57. The first kappa shape index (κ1) is 24.9. The van der Waals surface area contributed by atoms with Gasteiger partial charge in [0.1, 0.15) is 11.6 Å². The average Bonchev–Trinajstić information content (AvgIpc) is 2.78. The van der Waals surface area contributed by atoms with Gasteiger partial charge in [0.2, 0.25) is 5.95 Å². The molecular formula is C22H22Cl3N5O3. The summed E-state index contributed by atoms with van der Waals surface area (Å²) in [7, 11) is 3.17. The van der Waals surface area contributed by atoms with E-state index in [-0.39, 0.29) is 21.8 Å². The second-order valence-electron chi connectivity index (χ2n) is 6.95. The molecule has 3 aromatic rings. The predicted octanol–water partition coefficient (Wildman–Crippen LogP) is 6.26. The molecule has 1 unspecified atom stereocenters. The van der Waals surface area contributed by atoms with E-state index in [0.29, 0.717) is 34.8 Å². The number of nitrogens with zero attached hydrogens (tertiary/aromatic N) is 3. The van der Waals surface area contributed by atoms with Gasteiger partial charge < -0.3 is 20.1 Å². The molecule has 0 saturated carbocycles. The first-order chi connectivity index (χ1) is 15.8. The minimum absolute atomic E-state index is 0.0408. The van der Waals surface area contributed by atoms with Gasteiger partial charge in [-0.05, 0) is 43.3 Å². The summed E-state index contributed by atoms with van der Waals surface area (Å²) in [5.74, 6) is 1.30. The molecule has 0 spiro atoms. The molecule has 174 valence electrons. The number of ether oxygens (including phenoxy) is 2. The third kappa shape index (κ3) is 6.39. The Hall–Kier alpha value is -2.78. The zero-order valence-corrected chi connectivity index (χ0v) is 20.4. The summed E-state index contributed by atoms with van der Waals surface area (Å²) in [6.45, 7) is 2.39. The highest BCUT2D eigenvalue weighted by molar-refractivity contribution is 6.45. The van der Waals surface area contributed by atoms with E-state index in [4.69, 9.17) is 44.3 Å². The summed E-state index contributed by atoms with van der Waals surface area (Å²) in [5.41, 5.74) is 0.797. The van der Waals surface area contributed by atoms with Crippen LogP contribution in [0.2, 0.25) is 15.1 Å². The topological polar surface area (TPSA) is 88.6 Å². The predicted molar refractivity (Wildman–Crippen MR) is 133 cm³/mol. The number of benzene rings is 2. The van der Waals surface area contributed by atoms with Crippen LogP contribution in [-0.4, -0.2) is 42.9 Å². The second-order valence-corrected chi connectivity index (χ2v) is 8.17. The standard InChI is InChI=1S/C22H22Cl3N5O3/c1-13(12-32-2)27-21-26-9-8-19(29-21)30(15-4-6-16(33-3)7-5-15)22(31)28-18-11-14(23)10-17(24)20(18)25/h4-11,13H,12H2,1-3H3,(H,28,31)(H,26,27,29). The molecule has 2 N–H and O–H groups in total. The monoisotopic (exact) mass is 509 g/mol. The number of rotatable bonds is 8. The summed E-state index contributed by atoms with van der Waals surface area (Å²) in [6.07, 6.45) is 1.55. The van der Waals surface area contributed by atoms with Crippen molar-refractivity contribution in [2.75, 3.05) is 36.4 Å². The van der Waals surface area contributed by atoms with Gasteiger partial charge in [-0.3, -0.25) is 0 Å². The van der Waals surface area contributed by atoms with E-state index >= 15 is 0 Å². The number of amides is 2. The van der Waals surface area contributed by atoms with Crippen molar-refractivity contribution in [3.05, 3.63) is 63.7 Å². The van der Waals surface area contributed by atoms with Gasteiger partial charge in [-0.2, -0.15) is 4.98 Å². The van der Waals surface area contributed by atoms with Gasteiger partial charge in [0.15, 0.2) is 0 Å². The molecule has 2 aromatic carbocycles. The molecule has 0 fully saturated rings. The van der Waals surface area contributed by atoms with Crippen molar-refractivity contribution in [3.63, 3.8) is 0 Å². The van der Waals surface area contributed by atoms with E-state index in [1.54, 1.807) is 50.7 Å². The lowest BCUT2D eigenvalue weighted by atomic mass is 10.2. The average molecular weight is 511 g/mol. The van der Waals surface area contributed by atoms with Gasteiger partial charge in [-0.1, -0.05) is 34.8 Å². The minimum Gasteiger partial charge on any atom is -0.497 e. The molecule has 0 aliphatic heterocycles. The van der Waals surface area contributed by atoms with Crippen LogP contribution in [0, 0.1) is 0 Å². The van der Waals surface area contributed by atoms with E-state index in [9.17, 15) is 4.79 Å². The molecular weight excluding hydrogens is 489 g/mol. The molecule has 1 heterocycles. The number of hydrogen-bond donors (Lipinski definition) is 2. The zero-order chi connectivity index (χ0) is 24.0. The summed E-state index contributed by atoms with van der Waals surface area (Å²) >= 11 is 18.5. The van der Waals surface area contributed by atoms with Gasteiger partial charge in [-0.15, -0.1) is 0 Å². The Morgan fingerprint density at radius 1 is 1.12 bits per heavy atom. The lowest BCUT2D eigenvalue weighted by Gasteiger charge is -2.24. The number of hydrogen-bond acceptors (Lipinski definition) is 6. The maximum atomic E-state index is 13.4. The number of urea groups is 1. The largest absolute Gasteiger partial charge is 0.497 e. The molecule has 0 aliphatic carbocycles. The molecule has 3 rings (SSSR count). The molecule has 11 heteroatoms. The van der Waals surface area contributed by atoms with E-state index in [0.717, 1.165) is 0 Å². The highest BCUT2D eigenvalue weighted by atomic mass is 35.5. The zero-order valence-electron chi connectivity index (χ0n) is 18.1. The van der Waals surface area contributed by atoms with Crippen LogP contribution in [0.15, 0.2) is 48.7 Å². The molecule has 0 saturated heterocycles. The Morgan fingerprint density at radius 2 is 1.85 bits per heavy atom. The number of methoxy groups -OCH3 is 2. The summed E-state index contributed by atoms with van der Waals surface area (Å²) in [6, 6.07) is 11.0. The van der Waals surface area contributed by atoms with Crippen molar-refractivity contribution < 1.29 is 14.3 Å². The fourth-order valence-corrected chi connectivity index (χ4v) is 3.61. The maximum absolute atomic E-state index is 13.4. The third-order valence-corrected chi connectivity index (χ3v) is 5.45. The van der Waals surface area contributed by atoms with Gasteiger partial charge >= 0.3 is 6.03 Å². The fraction of sp³-hybridized carbons (Fsp3) is 0.227.